The lowest BCUT2D eigenvalue weighted by atomic mass is 10.2. The molecule has 2 rings (SSSR count). The monoisotopic (exact) mass is 312 g/mol. The first kappa shape index (κ1) is 16.2. The molecule has 0 aromatic heterocycles. The molecule has 0 atom stereocenters. The van der Waals surface area contributed by atoms with Crippen LogP contribution in [0.2, 0.25) is 0 Å². The van der Waals surface area contributed by atoms with Crippen LogP contribution in [0.3, 0.4) is 0 Å². The van der Waals surface area contributed by atoms with Crippen molar-refractivity contribution in [3.8, 4) is 5.75 Å². The van der Waals surface area contributed by atoms with Crippen molar-refractivity contribution in [2.24, 2.45) is 0 Å². The Morgan fingerprint density at radius 1 is 1.17 bits per heavy atom. The number of hydrogen-bond acceptors (Lipinski definition) is 4. The Hall–Kier alpha value is -3.15. The highest BCUT2D eigenvalue weighted by atomic mass is 16.6. The Morgan fingerprint density at radius 2 is 1.83 bits per heavy atom. The van der Waals surface area contributed by atoms with Crippen LogP contribution in [-0.4, -0.2) is 17.9 Å². The van der Waals surface area contributed by atoms with Crippen LogP contribution in [0.5, 0.6) is 5.75 Å². The highest BCUT2D eigenvalue weighted by Crippen LogP contribution is 2.13. The standard InChI is InChI=1S/C17H16N2O4/c1-23-16-9-4-14(5-10-16)12-18-17(20)11-6-13-2-7-15(8-3-13)19(21)22/h2-11H,12H2,1H3,(H,18,20)/b11-6+. The van der Waals surface area contributed by atoms with Gasteiger partial charge in [-0.1, -0.05) is 12.1 Å². The molecule has 6 heteroatoms. The number of ether oxygens (including phenoxy) is 1. The largest absolute Gasteiger partial charge is 0.497 e. The first-order chi connectivity index (χ1) is 11.1. The van der Waals surface area contributed by atoms with Gasteiger partial charge in [0.1, 0.15) is 5.75 Å². The highest BCUT2D eigenvalue weighted by Gasteiger charge is 2.03. The molecule has 1 N–H and O–H groups in total. The zero-order chi connectivity index (χ0) is 16.7. The smallest absolute Gasteiger partial charge is 0.269 e. The third-order valence-electron chi connectivity index (χ3n) is 3.16. The van der Waals surface area contributed by atoms with Gasteiger partial charge >= 0.3 is 0 Å². The first-order valence-electron chi connectivity index (χ1n) is 6.92. The molecular weight excluding hydrogens is 296 g/mol. The second-order valence-electron chi connectivity index (χ2n) is 4.75. The van der Waals surface area contributed by atoms with Gasteiger partial charge in [-0.2, -0.15) is 0 Å². The van der Waals surface area contributed by atoms with E-state index in [1.807, 2.05) is 24.3 Å². The Kier molecular flexibility index (Phi) is 5.46. The maximum absolute atomic E-state index is 11.8. The molecule has 0 unspecified atom stereocenters. The number of carbonyl (C=O) groups is 1. The summed E-state index contributed by atoms with van der Waals surface area (Å²) in [7, 11) is 1.60. The number of carbonyl (C=O) groups excluding carboxylic acids is 1. The maximum Gasteiger partial charge on any atom is 0.269 e. The quantitative estimate of drug-likeness (QED) is 0.505. The van der Waals surface area contributed by atoms with E-state index in [1.165, 1.54) is 18.2 Å². The van der Waals surface area contributed by atoms with E-state index >= 15 is 0 Å². The van der Waals surface area contributed by atoms with Crippen LogP contribution >= 0.6 is 0 Å². The van der Waals surface area contributed by atoms with Gasteiger partial charge in [0.2, 0.25) is 5.91 Å². The zero-order valence-corrected chi connectivity index (χ0v) is 12.6. The fourth-order valence-corrected chi connectivity index (χ4v) is 1.87. The number of benzene rings is 2. The predicted octanol–water partition coefficient (Wildman–Crippen LogP) is 2.93. The molecule has 1 amide bonds. The molecule has 0 aliphatic carbocycles. The van der Waals surface area contributed by atoms with E-state index in [9.17, 15) is 14.9 Å². The van der Waals surface area contributed by atoms with Crippen LogP contribution in [-0.2, 0) is 11.3 Å². The molecule has 6 nitrogen and oxygen atoms in total. The van der Waals surface area contributed by atoms with Crippen LogP contribution in [0.25, 0.3) is 6.08 Å². The average Bonchev–Trinajstić information content (AvgIpc) is 2.59. The summed E-state index contributed by atoms with van der Waals surface area (Å²) < 4.78 is 5.06. The van der Waals surface area contributed by atoms with E-state index in [2.05, 4.69) is 5.32 Å². The van der Waals surface area contributed by atoms with Gasteiger partial charge in [-0.3, -0.25) is 14.9 Å². The van der Waals surface area contributed by atoms with E-state index in [-0.39, 0.29) is 11.6 Å². The fourth-order valence-electron chi connectivity index (χ4n) is 1.87. The van der Waals surface area contributed by atoms with Crippen molar-refractivity contribution in [1.29, 1.82) is 0 Å². The van der Waals surface area contributed by atoms with Crippen molar-refractivity contribution in [3.63, 3.8) is 0 Å². The van der Waals surface area contributed by atoms with Gasteiger partial charge in [0.25, 0.3) is 5.69 Å². The molecule has 0 saturated carbocycles. The number of nitro groups is 1. The molecule has 2 aromatic carbocycles. The Labute approximate surface area is 133 Å². The minimum atomic E-state index is -0.463. The van der Waals surface area contributed by atoms with Gasteiger partial charge in [-0.05, 0) is 41.5 Å². The molecule has 0 aliphatic rings. The van der Waals surface area contributed by atoms with Crippen molar-refractivity contribution in [3.05, 3.63) is 75.8 Å². The molecule has 0 heterocycles. The fraction of sp³-hybridized carbons (Fsp3) is 0.118. The van der Waals surface area contributed by atoms with Gasteiger partial charge < -0.3 is 10.1 Å². The van der Waals surface area contributed by atoms with Gasteiger partial charge in [0.15, 0.2) is 0 Å². The summed E-state index contributed by atoms with van der Waals surface area (Å²) in [5.41, 5.74) is 1.70. The molecule has 23 heavy (non-hydrogen) atoms. The van der Waals surface area contributed by atoms with Crippen LogP contribution in [0, 0.1) is 10.1 Å². The SMILES string of the molecule is COc1ccc(CNC(=O)/C=C/c2ccc([N+](=O)[O-])cc2)cc1. The first-order valence-corrected chi connectivity index (χ1v) is 6.92. The summed E-state index contributed by atoms with van der Waals surface area (Å²) in [6, 6.07) is 13.4. The normalized spacial score (nSPS) is 10.5. The average molecular weight is 312 g/mol. The summed E-state index contributed by atoms with van der Waals surface area (Å²) in [6.45, 7) is 0.410. The minimum Gasteiger partial charge on any atom is -0.497 e. The van der Waals surface area contributed by atoms with Crippen LogP contribution in [0.15, 0.2) is 54.6 Å². The lowest BCUT2D eigenvalue weighted by Crippen LogP contribution is -2.20. The number of nitrogens with zero attached hydrogens (tertiary/aromatic N) is 1. The molecule has 0 saturated heterocycles. The molecule has 2 aromatic rings. The molecule has 118 valence electrons. The molecule has 0 fully saturated rings. The number of methoxy groups -OCH3 is 1. The number of rotatable bonds is 6. The summed E-state index contributed by atoms with van der Waals surface area (Å²) in [6.07, 6.45) is 3.00. The summed E-state index contributed by atoms with van der Waals surface area (Å²) in [4.78, 5) is 21.8. The van der Waals surface area contributed by atoms with Crippen molar-refractivity contribution < 1.29 is 14.5 Å². The van der Waals surface area contributed by atoms with Gasteiger partial charge in [0, 0.05) is 24.8 Å². The Bertz CT molecular complexity index is 706. The molecule has 0 aliphatic heterocycles. The van der Waals surface area contributed by atoms with Crippen LogP contribution < -0.4 is 10.1 Å². The van der Waals surface area contributed by atoms with Crippen molar-refractivity contribution in [2.45, 2.75) is 6.54 Å². The van der Waals surface area contributed by atoms with E-state index < -0.39 is 4.92 Å². The van der Waals surface area contributed by atoms with E-state index in [1.54, 1.807) is 25.3 Å². The number of hydrogen-bond donors (Lipinski definition) is 1. The third-order valence-corrected chi connectivity index (χ3v) is 3.16. The van der Waals surface area contributed by atoms with Gasteiger partial charge in [0.05, 0.1) is 12.0 Å². The molecular formula is C17H16N2O4. The number of nitro benzene ring substituents is 1. The van der Waals surface area contributed by atoms with E-state index in [4.69, 9.17) is 4.74 Å². The summed E-state index contributed by atoms with van der Waals surface area (Å²) >= 11 is 0. The third kappa shape index (κ3) is 4.96. The Balaban J connectivity index is 1.86. The lowest BCUT2D eigenvalue weighted by Gasteiger charge is -2.04. The van der Waals surface area contributed by atoms with Crippen molar-refractivity contribution >= 4 is 17.7 Å². The minimum absolute atomic E-state index is 0.0195. The van der Waals surface area contributed by atoms with Crippen molar-refractivity contribution in [1.82, 2.24) is 5.32 Å². The number of amides is 1. The van der Waals surface area contributed by atoms with Gasteiger partial charge in [-0.15, -0.1) is 0 Å². The van der Waals surface area contributed by atoms with Gasteiger partial charge in [-0.25, -0.2) is 0 Å². The molecule has 0 bridgehead atoms. The second kappa shape index (κ2) is 7.74. The number of nitrogens with one attached hydrogen (secondary N) is 1. The van der Waals surface area contributed by atoms with Crippen molar-refractivity contribution in [2.75, 3.05) is 7.11 Å². The number of non-ortho nitro benzene ring substituents is 1. The van der Waals surface area contributed by atoms with E-state index in [0.717, 1.165) is 16.9 Å². The molecule has 0 radical (unpaired) electrons. The predicted molar refractivity (Wildman–Crippen MR) is 87.0 cm³/mol. The Morgan fingerprint density at radius 3 is 2.39 bits per heavy atom. The lowest BCUT2D eigenvalue weighted by molar-refractivity contribution is -0.384. The molecule has 0 spiro atoms. The zero-order valence-electron chi connectivity index (χ0n) is 12.6. The van der Waals surface area contributed by atoms with E-state index in [0.29, 0.717) is 6.54 Å². The summed E-state index contributed by atoms with van der Waals surface area (Å²) in [5.74, 6) is 0.525. The highest BCUT2D eigenvalue weighted by molar-refractivity contribution is 5.91. The van der Waals surface area contributed by atoms with Crippen LogP contribution in [0.1, 0.15) is 11.1 Å². The van der Waals surface area contributed by atoms with Crippen LogP contribution in [0.4, 0.5) is 5.69 Å². The topological polar surface area (TPSA) is 81.5 Å². The summed E-state index contributed by atoms with van der Waals surface area (Å²) in [5, 5.41) is 13.3. The maximum atomic E-state index is 11.8. The second-order valence-corrected chi connectivity index (χ2v) is 4.75.